The first-order chi connectivity index (χ1) is 10.0. The van der Waals surface area contributed by atoms with Gasteiger partial charge in [0.2, 0.25) is 0 Å². The van der Waals surface area contributed by atoms with Crippen LogP contribution in [0.2, 0.25) is 0 Å². The summed E-state index contributed by atoms with van der Waals surface area (Å²) in [7, 11) is 2.00. The van der Waals surface area contributed by atoms with Gasteiger partial charge < -0.3 is 10.6 Å². The van der Waals surface area contributed by atoms with Crippen LogP contribution in [-0.4, -0.2) is 17.9 Å². The third-order valence-corrected chi connectivity index (χ3v) is 5.28. The summed E-state index contributed by atoms with van der Waals surface area (Å²) in [6.07, 6.45) is 3.22. The zero-order valence-electron chi connectivity index (χ0n) is 11.8. The number of pyridine rings is 1. The highest BCUT2D eigenvalue weighted by Gasteiger charge is 2.20. The molecule has 21 heavy (non-hydrogen) atoms. The minimum Gasteiger partial charge on any atom is -0.384 e. The van der Waals surface area contributed by atoms with E-state index in [1.165, 1.54) is 11.1 Å². The average Bonchev–Trinajstić information content (AvgIpc) is 3.05. The van der Waals surface area contributed by atoms with Crippen LogP contribution >= 0.6 is 27.3 Å². The highest BCUT2D eigenvalue weighted by atomic mass is 79.9. The van der Waals surface area contributed by atoms with Gasteiger partial charge in [-0.1, -0.05) is 0 Å². The van der Waals surface area contributed by atoms with E-state index in [4.69, 9.17) is 16.1 Å². The molecular formula is C15H17BrN4S. The van der Waals surface area contributed by atoms with Crippen LogP contribution in [0.25, 0.3) is 0 Å². The summed E-state index contributed by atoms with van der Waals surface area (Å²) in [4.78, 5) is 6.85. The fourth-order valence-corrected chi connectivity index (χ4v) is 3.93. The van der Waals surface area contributed by atoms with Crippen molar-refractivity contribution in [2.75, 3.05) is 11.9 Å². The van der Waals surface area contributed by atoms with Crippen molar-refractivity contribution in [3.8, 4) is 0 Å². The van der Waals surface area contributed by atoms with E-state index in [1.807, 2.05) is 13.1 Å². The van der Waals surface area contributed by atoms with E-state index in [-0.39, 0.29) is 5.84 Å². The number of amidine groups is 1. The van der Waals surface area contributed by atoms with Gasteiger partial charge in [0.1, 0.15) is 11.7 Å². The lowest BCUT2D eigenvalue weighted by atomic mass is 10.1. The summed E-state index contributed by atoms with van der Waals surface area (Å²) in [6, 6.07) is 4.16. The minimum atomic E-state index is 0.0885. The number of rotatable bonds is 4. The van der Waals surface area contributed by atoms with E-state index in [2.05, 4.69) is 32.3 Å². The maximum Gasteiger partial charge on any atom is 0.139 e. The lowest BCUT2D eigenvalue weighted by molar-refractivity contribution is 0.874. The second-order valence-electron chi connectivity index (χ2n) is 5.35. The predicted molar refractivity (Wildman–Crippen MR) is 91.4 cm³/mol. The Morgan fingerprint density at radius 1 is 1.48 bits per heavy atom. The number of aryl methyl sites for hydroxylation is 2. The van der Waals surface area contributed by atoms with Crippen LogP contribution in [0.4, 0.5) is 5.82 Å². The highest BCUT2D eigenvalue weighted by molar-refractivity contribution is 9.11. The standard InChI is InChI=1S/C15H17BrN4S/c1-20(7-9-5-13(16)21-8-9)15-11(14(17)18)6-10-3-2-4-12(10)19-15/h5-6,8H,2-4,7H2,1H3,(H3,17,18). The van der Waals surface area contributed by atoms with E-state index in [9.17, 15) is 0 Å². The molecule has 0 aromatic carbocycles. The molecule has 0 saturated carbocycles. The molecule has 0 spiro atoms. The molecule has 2 heterocycles. The Bertz CT molecular complexity index is 695. The van der Waals surface area contributed by atoms with Gasteiger partial charge in [0.25, 0.3) is 0 Å². The first-order valence-corrected chi connectivity index (χ1v) is 8.53. The van der Waals surface area contributed by atoms with Crippen molar-refractivity contribution in [2.24, 2.45) is 5.73 Å². The molecule has 0 amide bonds. The van der Waals surface area contributed by atoms with Crippen LogP contribution in [0.5, 0.6) is 0 Å². The number of nitrogens with two attached hydrogens (primary N) is 1. The highest BCUT2D eigenvalue weighted by Crippen LogP contribution is 2.28. The molecule has 2 aromatic heterocycles. The van der Waals surface area contributed by atoms with Crippen molar-refractivity contribution in [3.05, 3.63) is 43.7 Å². The molecule has 0 unspecified atom stereocenters. The molecule has 0 aliphatic heterocycles. The molecule has 0 radical (unpaired) electrons. The van der Waals surface area contributed by atoms with Crippen LogP contribution in [-0.2, 0) is 19.4 Å². The maximum absolute atomic E-state index is 7.82. The molecule has 1 aliphatic carbocycles. The number of fused-ring (bicyclic) bond motifs is 1. The molecule has 6 heteroatoms. The van der Waals surface area contributed by atoms with E-state index in [0.29, 0.717) is 0 Å². The van der Waals surface area contributed by atoms with Crippen LogP contribution in [0, 0.1) is 5.41 Å². The van der Waals surface area contributed by atoms with E-state index < -0.39 is 0 Å². The molecule has 0 bridgehead atoms. The second-order valence-corrected chi connectivity index (χ2v) is 7.64. The van der Waals surface area contributed by atoms with Crippen LogP contribution in [0.15, 0.2) is 21.3 Å². The van der Waals surface area contributed by atoms with Crippen molar-refractivity contribution in [1.29, 1.82) is 5.41 Å². The van der Waals surface area contributed by atoms with Crippen LogP contribution in [0.3, 0.4) is 0 Å². The molecule has 0 saturated heterocycles. The van der Waals surface area contributed by atoms with Gasteiger partial charge in [-0.3, -0.25) is 5.41 Å². The van der Waals surface area contributed by atoms with Gasteiger partial charge in [0, 0.05) is 19.3 Å². The maximum atomic E-state index is 7.82. The Labute approximate surface area is 136 Å². The van der Waals surface area contributed by atoms with Gasteiger partial charge >= 0.3 is 0 Å². The minimum absolute atomic E-state index is 0.0885. The first-order valence-electron chi connectivity index (χ1n) is 6.86. The average molecular weight is 365 g/mol. The Balaban J connectivity index is 1.94. The molecule has 0 fully saturated rings. The SMILES string of the molecule is CN(Cc1csc(Br)c1)c1nc2c(cc1C(=N)N)CCC2. The van der Waals surface area contributed by atoms with Gasteiger partial charge in [-0.2, -0.15) is 0 Å². The zero-order chi connectivity index (χ0) is 15.0. The van der Waals surface area contributed by atoms with E-state index in [0.717, 1.165) is 46.7 Å². The number of hydrogen-bond donors (Lipinski definition) is 2. The van der Waals surface area contributed by atoms with Gasteiger partial charge in [-0.15, -0.1) is 11.3 Å². The number of hydrogen-bond acceptors (Lipinski definition) is 4. The predicted octanol–water partition coefficient (Wildman–Crippen LogP) is 3.31. The third kappa shape index (κ3) is 2.96. The number of nitrogens with zero attached hydrogens (tertiary/aromatic N) is 2. The molecule has 110 valence electrons. The molecule has 4 nitrogen and oxygen atoms in total. The van der Waals surface area contributed by atoms with Gasteiger partial charge in [0.05, 0.1) is 9.35 Å². The first kappa shape index (κ1) is 14.5. The van der Waals surface area contributed by atoms with Crippen LogP contribution < -0.4 is 10.6 Å². The molecule has 3 N–H and O–H groups in total. The Morgan fingerprint density at radius 3 is 2.95 bits per heavy atom. The molecular weight excluding hydrogens is 348 g/mol. The van der Waals surface area contributed by atoms with Crippen molar-refractivity contribution >= 4 is 38.9 Å². The summed E-state index contributed by atoms with van der Waals surface area (Å²) in [6.45, 7) is 0.758. The largest absolute Gasteiger partial charge is 0.384 e. The number of anilines is 1. The van der Waals surface area contributed by atoms with Crippen molar-refractivity contribution in [3.63, 3.8) is 0 Å². The summed E-state index contributed by atoms with van der Waals surface area (Å²) in [5.74, 6) is 0.899. The van der Waals surface area contributed by atoms with Gasteiger partial charge in [-0.25, -0.2) is 4.98 Å². The number of halogens is 1. The fraction of sp³-hybridized carbons (Fsp3) is 0.333. The van der Waals surface area contributed by atoms with Gasteiger partial charge in [-0.05, 0) is 63.8 Å². The smallest absolute Gasteiger partial charge is 0.139 e. The van der Waals surface area contributed by atoms with Crippen molar-refractivity contribution in [1.82, 2.24) is 4.98 Å². The third-order valence-electron chi connectivity index (χ3n) is 3.72. The topological polar surface area (TPSA) is 66.0 Å². The normalized spacial score (nSPS) is 13.2. The molecule has 3 rings (SSSR count). The number of nitrogen functional groups attached to an aromatic ring is 1. The fourth-order valence-electron chi connectivity index (χ4n) is 2.73. The van der Waals surface area contributed by atoms with E-state index in [1.54, 1.807) is 11.3 Å². The summed E-state index contributed by atoms with van der Waals surface area (Å²) < 4.78 is 1.12. The Hall–Kier alpha value is -1.40. The summed E-state index contributed by atoms with van der Waals surface area (Å²) in [5.41, 5.74) is 10.1. The number of nitrogens with one attached hydrogen (secondary N) is 1. The Morgan fingerprint density at radius 2 is 2.29 bits per heavy atom. The zero-order valence-corrected chi connectivity index (χ0v) is 14.2. The lowest BCUT2D eigenvalue weighted by Crippen LogP contribution is -2.24. The molecule has 2 aromatic rings. The lowest BCUT2D eigenvalue weighted by Gasteiger charge is -2.21. The number of thiophene rings is 1. The second kappa shape index (κ2) is 5.77. The monoisotopic (exact) mass is 364 g/mol. The van der Waals surface area contributed by atoms with Crippen molar-refractivity contribution in [2.45, 2.75) is 25.8 Å². The van der Waals surface area contributed by atoms with Crippen LogP contribution in [0.1, 0.15) is 28.8 Å². The Kier molecular flexibility index (Phi) is 3.99. The molecule has 1 aliphatic rings. The molecule has 0 atom stereocenters. The van der Waals surface area contributed by atoms with Gasteiger partial charge in [0.15, 0.2) is 0 Å². The van der Waals surface area contributed by atoms with Crippen molar-refractivity contribution < 1.29 is 0 Å². The quantitative estimate of drug-likeness (QED) is 0.645. The summed E-state index contributed by atoms with van der Waals surface area (Å²) >= 11 is 5.16. The van der Waals surface area contributed by atoms with E-state index >= 15 is 0 Å². The summed E-state index contributed by atoms with van der Waals surface area (Å²) in [5, 5.41) is 9.95. The number of aromatic nitrogens is 1.